The average molecular weight is 128 g/mol. The van der Waals surface area contributed by atoms with Crippen LogP contribution in [0.4, 0.5) is 0 Å². The molecule has 0 unspecified atom stereocenters. The third-order valence-corrected chi connectivity index (χ3v) is 1.65. The van der Waals surface area contributed by atoms with E-state index in [0.29, 0.717) is 5.92 Å². The van der Waals surface area contributed by atoms with Crippen LogP contribution in [0.3, 0.4) is 0 Å². The Bertz CT molecular complexity index is 114. The number of rotatable bonds is 2. The smallest absolute Gasteiger partial charge is 0.147 e. The Labute approximate surface area is 57.6 Å². The van der Waals surface area contributed by atoms with Crippen LogP contribution in [0.1, 0.15) is 20.8 Å². The normalized spacial score (nSPS) is 13.6. The molecular formula is C7H16N2. The minimum atomic E-state index is 0.596. The zero-order valence-corrected chi connectivity index (χ0v) is 6.97. The molecule has 0 heterocycles. The molecule has 0 atom stereocenters. The highest BCUT2D eigenvalue weighted by Crippen LogP contribution is 1.96. The molecule has 0 aromatic carbocycles. The summed E-state index contributed by atoms with van der Waals surface area (Å²) in [5.41, 5.74) is 5.31. The Morgan fingerprint density at radius 1 is 1.44 bits per heavy atom. The third kappa shape index (κ3) is 2.49. The molecule has 0 radical (unpaired) electrons. The van der Waals surface area contributed by atoms with Crippen LogP contribution in [0.5, 0.6) is 0 Å². The van der Waals surface area contributed by atoms with Gasteiger partial charge in [0, 0.05) is 12.8 Å². The molecule has 0 aliphatic heterocycles. The van der Waals surface area contributed by atoms with Crippen LogP contribution in [0, 0.1) is 5.92 Å². The van der Waals surface area contributed by atoms with E-state index < -0.39 is 0 Å². The molecular weight excluding hydrogens is 112 g/mol. The molecule has 0 aliphatic carbocycles. The van der Waals surface area contributed by atoms with Crippen molar-refractivity contribution >= 4 is 5.71 Å². The van der Waals surface area contributed by atoms with Gasteiger partial charge in [0.15, 0.2) is 0 Å². The van der Waals surface area contributed by atoms with Crippen molar-refractivity contribution in [3.63, 3.8) is 0 Å². The molecule has 0 spiro atoms. The molecule has 0 aromatic rings. The van der Waals surface area contributed by atoms with Crippen molar-refractivity contribution in [2.75, 3.05) is 14.1 Å². The van der Waals surface area contributed by atoms with Crippen molar-refractivity contribution < 1.29 is 4.68 Å². The zero-order chi connectivity index (χ0) is 7.44. The summed E-state index contributed by atoms with van der Waals surface area (Å²) in [5.74, 6) is 0.596. The molecule has 0 aliphatic rings. The maximum Gasteiger partial charge on any atom is 0.147 e. The maximum absolute atomic E-state index is 4.01. The van der Waals surface area contributed by atoms with Crippen LogP contribution >= 0.6 is 0 Å². The Hall–Kier alpha value is -0.530. The fourth-order valence-corrected chi connectivity index (χ4v) is 0.531. The molecule has 0 fully saturated rings. The van der Waals surface area contributed by atoms with Gasteiger partial charge in [-0.25, -0.2) is 0 Å². The second-order valence-corrected chi connectivity index (χ2v) is 2.52. The van der Waals surface area contributed by atoms with Gasteiger partial charge in [-0.05, 0) is 0 Å². The van der Waals surface area contributed by atoms with Gasteiger partial charge in [-0.2, -0.15) is 0 Å². The largest absolute Gasteiger partial charge is 0.444 e. The summed E-state index contributed by atoms with van der Waals surface area (Å²) in [4.78, 5) is 0. The molecule has 0 N–H and O–H groups in total. The lowest BCUT2D eigenvalue weighted by Gasteiger charge is -2.11. The van der Waals surface area contributed by atoms with Gasteiger partial charge in [0.2, 0.25) is 0 Å². The highest BCUT2D eigenvalue weighted by Gasteiger charge is 2.02. The molecule has 0 saturated carbocycles. The Kier molecular flexibility index (Phi) is 3.28. The maximum atomic E-state index is 4.01. The van der Waals surface area contributed by atoms with Crippen molar-refractivity contribution in [1.29, 1.82) is 0 Å². The predicted octanol–water partition coefficient (Wildman–Crippen LogP) is 1.66. The highest BCUT2D eigenvalue weighted by molar-refractivity contribution is 5.78. The molecule has 0 rings (SSSR count). The van der Waals surface area contributed by atoms with Gasteiger partial charge in [0.25, 0.3) is 0 Å². The first-order valence-electron chi connectivity index (χ1n) is 3.26. The second kappa shape index (κ2) is 3.49. The molecule has 2 nitrogen and oxygen atoms in total. The van der Waals surface area contributed by atoms with Gasteiger partial charge in [-0.3, -0.25) is 4.68 Å². The van der Waals surface area contributed by atoms with Crippen LogP contribution in [-0.2, 0) is 0 Å². The molecule has 0 amide bonds. The lowest BCUT2D eigenvalue weighted by atomic mass is 10.1. The van der Waals surface area contributed by atoms with Crippen molar-refractivity contribution in [3.05, 3.63) is 5.43 Å². The van der Waals surface area contributed by atoms with Gasteiger partial charge in [-0.1, -0.05) is 20.9 Å². The summed E-state index contributed by atoms with van der Waals surface area (Å²) in [7, 11) is 3.77. The summed E-state index contributed by atoms with van der Waals surface area (Å²) in [6.45, 7) is 6.42. The molecule has 2 heteroatoms. The van der Waals surface area contributed by atoms with Crippen LogP contribution in [0.15, 0.2) is 0 Å². The van der Waals surface area contributed by atoms with Crippen molar-refractivity contribution in [2.45, 2.75) is 20.8 Å². The lowest BCUT2D eigenvalue weighted by molar-refractivity contribution is -0.445. The molecule has 0 aromatic heterocycles. The van der Waals surface area contributed by atoms with E-state index in [1.54, 1.807) is 7.05 Å². The standard InChI is InChI=1S/C7H16N2/c1-6(2)7(3)9(5)8-4/h6H,1-5H3/b9-7+. The Morgan fingerprint density at radius 3 is 2.00 bits per heavy atom. The fraction of sp³-hybridized carbons (Fsp3) is 0.857. The van der Waals surface area contributed by atoms with Gasteiger partial charge < -0.3 is 5.43 Å². The average Bonchev–Trinajstić information content (AvgIpc) is 1.84. The number of hydrogen-bond donors (Lipinski definition) is 0. The van der Waals surface area contributed by atoms with E-state index in [4.69, 9.17) is 0 Å². The SMILES string of the molecule is C[N-]/[N+](C)=C(\C)C(C)C. The molecule has 9 heavy (non-hydrogen) atoms. The first-order chi connectivity index (χ1) is 4.09. The number of hydrogen-bond acceptors (Lipinski definition) is 0. The summed E-state index contributed by atoms with van der Waals surface area (Å²) < 4.78 is 1.91. The van der Waals surface area contributed by atoms with Gasteiger partial charge in [0.05, 0.1) is 0 Å². The van der Waals surface area contributed by atoms with Crippen LogP contribution in [-0.4, -0.2) is 24.5 Å². The summed E-state index contributed by atoms with van der Waals surface area (Å²) in [5, 5.41) is 0. The molecule has 0 saturated heterocycles. The quantitative estimate of drug-likeness (QED) is 0.306. The van der Waals surface area contributed by atoms with Crippen LogP contribution in [0.25, 0.3) is 5.43 Å². The first-order valence-corrected chi connectivity index (χ1v) is 3.26. The Morgan fingerprint density at radius 2 is 1.89 bits per heavy atom. The fourth-order valence-electron chi connectivity index (χ4n) is 0.531. The summed E-state index contributed by atoms with van der Waals surface area (Å²) in [6.07, 6.45) is 0. The second-order valence-electron chi connectivity index (χ2n) is 2.52. The van der Waals surface area contributed by atoms with E-state index in [2.05, 4.69) is 26.2 Å². The van der Waals surface area contributed by atoms with E-state index in [1.807, 2.05) is 11.7 Å². The van der Waals surface area contributed by atoms with Gasteiger partial charge >= 0.3 is 0 Å². The van der Waals surface area contributed by atoms with Crippen molar-refractivity contribution in [3.8, 4) is 0 Å². The lowest BCUT2D eigenvalue weighted by Crippen LogP contribution is -2.15. The van der Waals surface area contributed by atoms with E-state index in [9.17, 15) is 0 Å². The monoisotopic (exact) mass is 128 g/mol. The minimum Gasteiger partial charge on any atom is -0.444 e. The molecule has 54 valence electrons. The highest BCUT2D eigenvalue weighted by atomic mass is 15.4. The van der Waals surface area contributed by atoms with E-state index in [0.717, 1.165) is 0 Å². The summed E-state index contributed by atoms with van der Waals surface area (Å²) >= 11 is 0. The zero-order valence-electron chi connectivity index (χ0n) is 6.97. The minimum absolute atomic E-state index is 0.596. The van der Waals surface area contributed by atoms with Crippen LogP contribution < -0.4 is 0 Å². The topological polar surface area (TPSA) is 17.1 Å². The molecule has 0 bridgehead atoms. The van der Waals surface area contributed by atoms with Gasteiger partial charge in [-0.15, -0.1) is 0 Å². The van der Waals surface area contributed by atoms with Crippen molar-refractivity contribution in [1.82, 2.24) is 0 Å². The van der Waals surface area contributed by atoms with E-state index >= 15 is 0 Å². The summed E-state index contributed by atoms with van der Waals surface area (Å²) in [6, 6.07) is 0. The van der Waals surface area contributed by atoms with E-state index in [-0.39, 0.29) is 0 Å². The number of nitrogens with zero attached hydrogens (tertiary/aromatic N) is 2. The third-order valence-electron chi connectivity index (χ3n) is 1.65. The van der Waals surface area contributed by atoms with E-state index in [1.165, 1.54) is 5.71 Å². The van der Waals surface area contributed by atoms with Gasteiger partial charge in [0.1, 0.15) is 12.8 Å². The first kappa shape index (κ1) is 8.47. The van der Waals surface area contributed by atoms with Crippen molar-refractivity contribution in [2.24, 2.45) is 5.92 Å². The predicted molar refractivity (Wildman–Crippen MR) is 41.0 cm³/mol. The van der Waals surface area contributed by atoms with Crippen LogP contribution in [0.2, 0.25) is 0 Å². The Balaban J connectivity index is 4.10.